The maximum absolute atomic E-state index is 11.7. The summed E-state index contributed by atoms with van der Waals surface area (Å²) in [7, 11) is 1.30. The molecule has 0 aliphatic carbocycles. The van der Waals surface area contributed by atoms with E-state index in [1.165, 1.54) is 13.2 Å². The Morgan fingerprint density at radius 3 is 2.68 bits per heavy atom. The number of carbonyl (C=O) groups is 2. The molecule has 1 N–H and O–H groups in total. The summed E-state index contributed by atoms with van der Waals surface area (Å²) in [5.41, 5.74) is 0.816. The molecule has 0 saturated carbocycles. The highest BCUT2D eigenvalue weighted by atomic mass is 16.5. The van der Waals surface area contributed by atoms with Gasteiger partial charge in [-0.15, -0.1) is 0 Å². The van der Waals surface area contributed by atoms with Gasteiger partial charge in [-0.2, -0.15) is 0 Å². The van der Waals surface area contributed by atoms with Crippen LogP contribution in [-0.4, -0.2) is 30.0 Å². The number of rotatable bonds is 5. The van der Waals surface area contributed by atoms with Crippen molar-refractivity contribution in [3.63, 3.8) is 0 Å². The number of methoxy groups -OCH3 is 1. The summed E-state index contributed by atoms with van der Waals surface area (Å²) < 4.78 is 4.65. The molecule has 1 rings (SSSR count). The molecule has 0 saturated heterocycles. The standard InChI is InChI=1S/C14H18N2O3/c1-10(2)13(14(18)19-3)16-12(17)7-6-11-5-4-8-15-9-11/h4-10,13H,1-3H3,(H,16,17). The van der Waals surface area contributed by atoms with Gasteiger partial charge in [-0.05, 0) is 23.6 Å². The summed E-state index contributed by atoms with van der Waals surface area (Å²) >= 11 is 0. The van der Waals surface area contributed by atoms with E-state index in [1.54, 1.807) is 24.5 Å². The third-order valence-electron chi connectivity index (χ3n) is 2.53. The first-order chi connectivity index (χ1) is 9.04. The van der Waals surface area contributed by atoms with Crippen molar-refractivity contribution in [3.8, 4) is 0 Å². The highest BCUT2D eigenvalue weighted by molar-refractivity contribution is 5.94. The summed E-state index contributed by atoms with van der Waals surface area (Å²) in [5.74, 6) is -0.825. The first-order valence-corrected chi connectivity index (χ1v) is 6.01. The van der Waals surface area contributed by atoms with Crippen molar-refractivity contribution in [2.45, 2.75) is 19.9 Å². The van der Waals surface area contributed by atoms with Crippen molar-refractivity contribution in [2.75, 3.05) is 7.11 Å². The molecule has 1 heterocycles. The molecule has 5 nitrogen and oxygen atoms in total. The lowest BCUT2D eigenvalue weighted by atomic mass is 10.0. The molecule has 1 aromatic rings. The van der Waals surface area contributed by atoms with Crippen LogP contribution in [0.2, 0.25) is 0 Å². The van der Waals surface area contributed by atoms with Gasteiger partial charge in [-0.3, -0.25) is 9.78 Å². The number of ether oxygens (including phenoxy) is 1. The van der Waals surface area contributed by atoms with Gasteiger partial charge in [0.25, 0.3) is 0 Å². The molecule has 1 aromatic heterocycles. The summed E-state index contributed by atoms with van der Waals surface area (Å²) in [5, 5.41) is 2.62. The Bertz CT molecular complexity index is 455. The topological polar surface area (TPSA) is 68.3 Å². The number of carbonyl (C=O) groups excluding carboxylic acids is 2. The quantitative estimate of drug-likeness (QED) is 0.643. The van der Waals surface area contributed by atoms with Crippen LogP contribution in [0.3, 0.4) is 0 Å². The van der Waals surface area contributed by atoms with Crippen molar-refractivity contribution >= 4 is 18.0 Å². The highest BCUT2D eigenvalue weighted by Crippen LogP contribution is 2.04. The van der Waals surface area contributed by atoms with Gasteiger partial charge in [0.2, 0.25) is 5.91 Å². The SMILES string of the molecule is COC(=O)C(NC(=O)C=Cc1cccnc1)C(C)C. The Balaban J connectivity index is 2.63. The van der Waals surface area contributed by atoms with Crippen molar-refractivity contribution in [1.29, 1.82) is 0 Å². The second-order valence-corrected chi connectivity index (χ2v) is 4.37. The second kappa shape index (κ2) is 7.31. The molecule has 5 heteroatoms. The van der Waals surface area contributed by atoms with Crippen LogP contribution >= 0.6 is 0 Å². The summed E-state index contributed by atoms with van der Waals surface area (Å²) in [6, 6.07) is 2.97. The van der Waals surface area contributed by atoms with Crippen LogP contribution in [0.25, 0.3) is 6.08 Å². The van der Waals surface area contributed by atoms with E-state index >= 15 is 0 Å². The smallest absolute Gasteiger partial charge is 0.328 e. The predicted molar refractivity (Wildman–Crippen MR) is 72.1 cm³/mol. The maximum atomic E-state index is 11.7. The zero-order valence-corrected chi connectivity index (χ0v) is 11.3. The molecule has 0 fully saturated rings. The van der Waals surface area contributed by atoms with Crippen molar-refractivity contribution in [2.24, 2.45) is 5.92 Å². The van der Waals surface area contributed by atoms with E-state index in [2.05, 4.69) is 15.0 Å². The first-order valence-electron chi connectivity index (χ1n) is 6.01. The molecule has 0 radical (unpaired) electrons. The fourth-order valence-corrected chi connectivity index (χ4v) is 1.47. The summed E-state index contributed by atoms with van der Waals surface area (Å²) in [4.78, 5) is 27.2. The Labute approximate surface area is 112 Å². The van der Waals surface area contributed by atoms with E-state index in [-0.39, 0.29) is 11.8 Å². The van der Waals surface area contributed by atoms with Gasteiger partial charge in [-0.25, -0.2) is 4.79 Å². The molecule has 1 amide bonds. The Morgan fingerprint density at radius 2 is 2.16 bits per heavy atom. The monoisotopic (exact) mass is 262 g/mol. The molecule has 19 heavy (non-hydrogen) atoms. The van der Waals surface area contributed by atoms with Gasteiger partial charge < -0.3 is 10.1 Å². The molecular formula is C14H18N2O3. The number of esters is 1. The van der Waals surface area contributed by atoms with E-state index in [1.807, 2.05) is 19.9 Å². The van der Waals surface area contributed by atoms with E-state index in [0.717, 1.165) is 5.56 Å². The van der Waals surface area contributed by atoms with Crippen LogP contribution in [0.1, 0.15) is 19.4 Å². The zero-order chi connectivity index (χ0) is 14.3. The van der Waals surface area contributed by atoms with Crippen LogP contribution in [0.4, 0.5) is 0 Å². The fraction of sp³-hybridized carbons (Fsp3) is 0.357. The van der Waals surface area contributed by atoms with Gasteiger partial charge in [0, 0.05) is 18.5 Å². The van der Waals surface area contributed by atoms with Crippen LogP contribution < -0.4 is 5.32 Å². The Hall–Kier alpha value is -2.17. The predicted octanol–water partition coefficient (Wildman–Crippen LogP) is 1.41. The van der Waals surface area contributed by atoms with Gasteiger partial charge in [-0.1, -0.05) is 19.9 Å². The zero-order valence-electron chi connectivity index (χ0n) is 11.3. The molecule has 1 unspecified atom stereocenters. The Kier molecular flexibility index (Phi) is 5.73. The number of hydrogen-bond donors (Lipinski definition) is 1. The van der Waals surface area contributed by atoms with E-state index in [4.69, 9.17) is 0 Å². The minimum absolute atomic E-state index is 0.0387. The van der Waals surface area contributed by atoms with Gasteiger partial charge in [0.15, 0.2) is 0 Å². The van der Waals surface area contributed by atoms with Gasteiger partial charge in [0.05, 0.1) is 7.11 Å². The van der Waals surface area contributed by atoms with E-state index < -0.39 is 12.0 Å². The largest absolute Gasteiger partial charge is 0.467 e. The highest BCUT2D eigenvalue weighted by Gasteiger charge is 2.23. The van der Waals surface area contributed by atoms with Crippen molar-refractivity contribution < 1.29 is 14.3 Å². The fourth-order valence-electron chi connectivity index (χ4n) is 1.47. The number of hydrogen-bond acceptors (Lipinski definition) is 4. The molecule has 102 valence electrons. The number of nitrogens with one attached hydrogen (secondary N) is 1. The number of pyridine rings is 1. The molecule has 0 bridgehead atoms. The van der Waals surface area contributed by atoms with Gasteiger partial charge in [0.1, 0.15) is 6.04 Å². The Morgan fingerprint density at radius 1 is 1.42 bits per heavy atom. The third kappa shape index (κ3) is 4.91. The van der Waals surface area contributed by atoms with Crippen LogP contribution in [-0.2, 0) is 14.3 Å². The van der Waals surface area contributed by atoms with Crippen molar-refractivity contribution in [3.05, 3.63) is 36.2 Å². The minimum Gasteiger partial charge on any atom is -0.467 e. The minimum atomic E-state index is -0.643. The normalized spacial score (nSPS) is 12.4. The first kappa shape index (κ1) is 14.9. The third-order valence-corrected chi connectivity index (χ3v) is 2.53. The van der Waals surface area contributed by atoms with Crippen LogP contribution in [0.15, 0.2) is 30.6 Å². The molecular weight excluding hydrogens is 244 g/mol. The lowest BCUT2D eigenvalue weighted by Crippen LogP contribution is -2.44. The van der Waals surface area contributed by atoms with Crippen LogP contribution in [0, 0.1) is 5.92 Å². The second-order valence-electron chi connectivity index (χ2n) is 4.37. The maximum Gasteiger partial charge on any atom is 0.328 e. The molecule has 0 aliphatic rings. The van der Waals surface area contributed by atoms with Crippen LogP contribution in [0.5, 0.6) is 0 Å². The summed E-state index contributed by atoms with van der Waals surface area (Å²) in [6.45, 7) is 3.68. The van der Waals surface area contributed by atoms with E-state index in [0.29, 0.717) is 0 Å². The number of aromatic nitrogens is 1. The molecule has 0 aromatic carbocycles. The molecule has 0 aliphatic heterocycles. The van der Waals surface area contributed by atoms with Crippen molar-refractivity contribution in [1.82, 2.24) is 10.3 Å². The molecule has 1 atom stereocenters. The molecule has 0 spiro atoms. The lowest BCUT2D eigenvalue weighted by Gasteiger charge is -2.18. The average Bonchev–Trinajstić information content (AvgIpc) is 2.42. The van der Waals surface area contributed by atoms with Gasteiger partial charge >= 0.3 is 5.97 Å². The van der Waals surface area contributed by atoms with E-state index in [9.17, 15) is 9.59 Å². The average molecular weight is 262 g/mol. The lowest BCUT2D eigenvalue weighted by molar-refractivity contribution is -0.145. The number of nitrogens with zero attached hydrogens (tertiary/aromatic N) is 1. The summed E-state index contributed by atoms with van der Waals surface area (Å²) in [6.07, 6.45) is 6.31. The number of amides is 1.